The van der Waals surface area contributed by atoms with Crippen LogP contribution in [-0.2, 0) is 11.2 Å². The number of fused-ring (bicyclic) bond motifs is 1. The maximum atomic E-state index is 15.1. The van der Waals surface area contributed by atoms with E-state index < -0.39 is 11.8 Å². The average Bonchev–Trinajstić information content (AvgIpc) is 3.18. The Hall–Kier alpha value is -4.08. The molecule has 0 unspecified atom stereocenters. The van der Waals surface area contributed by atoms with Crippen LogP contribution in [0.3, 0.4) is 0 Å². The number of carbonyl (C=O) groups is 2. The Morgan fingerprint density at radius 1 is 1.24 bits per heavy atom. The highest BCUT2D eigenvalue weighted by molar-refractivity contribution is 6.07. The third-order valence-electron chi connectivity index (χ3n) is 6.69. The zero-order chi connectivity index (χ0) is 27.4. The molecule has 3 aromatic rings. The summed E-state index contributed by atoms with van der Waals surface area (Å²) in [5.41, 5.74) is 2.37. The predicted molar refractivity (Wildman–Crippen MR) is 144 cm³/mol. The van der Waals surface area contributed by atoms with Crippen LogP contribution in [0.5, 0.6) is 0 Å². The number of benzene rings is 1. The van der Waals surface area contributed by atoms with E-state index in [1.54, 1.807) is 22.7 Å². The van der Waals surface area contributed by atoms with Crippen molar-refractivity contribution >= 4 is 29.4 Å². The van der Waals surface area contributed by atoms with Gasteiger partial charge in [0.1, 0.15) is 11.5 Å². The number of rotatable bonds is 8. The number of halogens is 1. The second-order valence-corrected chi connectivity index (χ2v) is 10.1. The normalized spacial score (nSPS) is 16.5. The molecule has 9 nitrogen and oxygen atoms in total. The number of aromatic nitrogens is 3. The zero-order valence-electron chi connectivity index (χ0n) is 21.9. The summed E-state index contributed by atoms with van der Waals surface area (Å²) in [4.78, 5) is 31.1. The van der Waals surface area contributed by atoms with E-state index in [0.717, 1.165) is 37.6 Å². The first-order valence-electron chi connectivity index (χ1n) is 12.9. The molecule has 10 heteroatoms. The van der Waals surface area contributed by atoms with Gasteiger partial charge in [0.05, 0.1) is 11.3 Å². The standard InChI is InChI=1S/C28H33FN6O3/c1-17(2)11-21-13-25(27(36)34-10-6-4-5-7-18(34)3)32-26-14-24(33-35(21)26)22-9-8-20(12-23(22)29)31-16-19(15-30)28(37)38/h8-9,12-18,30-31H,4-7,10-11H2,1-3H3,(H,37,38)/b19-16+,30-15?/t18-/m1/s1. The van der Waals surface area contributed by atoms with E-state index in [2.05, 4.69) is 36.2 Å². The van der Waals surface area contributed by atoms with Gasteiger partial charge in [-0.15, -0.1) is 0 Å². The Bertz CT molecular complexity index is 1400. The number of hydrogen-bond donors (Lipinski definition) is 3. The first-order valence-corrected chi connectivity index (χ1v) is 12.9. The smallest absolute Gasteiger partial charge is 0.338 e. The van der Waals surface area contributed by atoms with E-state index in [4.69, 9.17) is 10.5 Å². The van der Waals surface area contributed by atoms with Gasteiger partial charge >= 0.3 is 5.97 Å². The van der Waals surface area contributed by atoms with Gasteiger partial charge in [-0.2, -0.15) is 5.10 Å². The van der Waals surface area contributed by atoms with Crippen LogP contribution in [0.1, 0.15) is 62.6 Å². The van der Waals surface area contributed by atoms with Gasteiger partial charge in [-0.3, -0.25) is 4.79 Å². The van der Waals surface area contributed by atoms with E-state index >= 15 is 4.39 Å². The minimum atomic E-state index is -1.26. The van der Waals surface area contributed by atoms with Crippen LogP contribution in [-0.4, -0.2) is 55.3 Å². The highest BCUT2D eigenvalue weighted by Crippen LogP contribution is 2.27. The second kappa shape index (κ2) is 11.5. The monoisotopic (exact) mass is 520 g/mol. The molecule has 200 valence electrons. The fourth-order valence-corrected chi connectivity index (χ4v) is 4.70. The van der Waals surface area contributed by atoms with Crippen LogP contribution >= 0.6 is 0 Å². The maximum Gasteiger partial charge on any atom is 0.338 e. The summed E-state index contributed by atoms with van der Waals surface area (Å²) in [5, 5.41) is 23.5. The van der Waals surface area contributed by atoms with Gasteiger partial charge in [-0.25, -0.2) is 18.7 Å². The Morgan fingerprint density at radius 2 is 2.03 bits per heavy atom. The summed E-state index contributed by atoms with van der Waals surface area (Å²) in [7, 11) is 0. The van der Waals surface area contributed by atoms with Crippen molar-refractivity contribution in [1.29, 1.82) is 5.41 Å². The molecule has 1 amide bonds. The maximum absolute atomic E-state index is 15.1. The van der Waals surface area contributed by atoms with Crippen LogP contribution in [0.2, 0.25) is 0 Å². The van der Waals surface area contributed by atoms with Gasteiger partial charge in [0.15, 0.2) is 5.65 Å². The first kappa shape index (κ1) is 27.0. The lowest BCUT2D eigenvalue weighted by molar-refractivity contribution is -0.132. The Labute approximate surface area is 220 Å². The largest absolute Gasteiger partial charge is 0.478 e. The number of nitrogens with zero attached hydrogens (tertiary/aromatic N) is 4. The van der Waals surface area contributed by atoms with Gasteiger partial charge in [0.25, 0.3) is 5.91 Å². The molecule has 1 saturated heterocycles. The topological polar surface area (TPSA) is 124 Å². The molecule has 0 aliphatic carbocycles. The summed E-state index contributed by atoms with van der Waals surface area (Å²) < 4.78 is 16.8. The Balaban J connectivity index is 1.70. The van der Waals surface area contributed by atoms with Crippen molar-refractivity contribution in [2.75, 3.05) is 11.9 Å². The summed E-state index contributed by atoms with van der Waals surface area (Å²) >= 11 is 0. The average molecular weight is 521 g/mol. The Kier molecular flexibility index (Phi) is 8.19. The van der Waals surface area contributed by atoms with Gasteiger partial charge in [0.2, 0.25) is 0 Å². The number of hydrogen-bond acceptors (Lipinski definition) is 6. The number of amides is 1. The van der Waals surface area contributed by atoms with Crippen LogP contribution in [0.25, 0.3) is 16.9 Å². The fraction of sp³-hybridized carbons (Fsp3) is 0.393. The molecule has 0 radical (unpaired) electrons. The van der Waals surface area contributed by atoms with Crippen molar-refractivity contribution in [2.45, 2.75) is 58.9 Å². The molecule has 2 aromatic heterocycles. The van der Waals surface area contributed by atoms with Crippen LogP contribution in [0.15, 0.2) is 42.1 Å². The molecule has 1 aromatic carbocycles. The molecule has 1 fully saturated rings. The molecule has 1 aliphatic heterocycles. The molecule has 1 atom stereocenters. The van der Waals surface area contributed by atoms with E-state index in [-0.39, 0.29) is 23.1 Å². The highest BCUT2D eigenvalue weighted by atomic mass is 19.1. The van der Waals surface area contributed by atoms with Gasteiger partial charge in [-0.1, -0.05) is 26.7 Å². The summed E-state index contributed by atoms with van der Waals surface area (Å²) in [6.07, 6.45) is 6.68. The minimum absolute atomic E-state index is 0.0880. The zero-order valence-corrected chi connectivity index (χ0v) is 21.9. The number of carboxylic acids is 1. The summed E-state index contributed by atoms with van der Waals surface area (Å²) in [5.74, 6) is -1.60. The van der Waals surface area contributed by atoms with Crippen molar-refractivity contribution in [2.24, 2.45) is 5.92 Å². The fourth-order valence-electron chi connectivity index (χ4n) is 4.70. The molecule has 0 spiro atoms. The van der Waals surface area contributed by atoms with E-state index in [0.29, 0.717) is 47.8 Å². The number of carbonyl (C=O) groups excluding carboxylic acids is 1. The lowest BCUT2D eigenvalue weighted by Crippen LogP contribution is -2.38. The molecule has 4 rings (SSSR count). The number of carboxylic acid groups (broad SMARTS) is 1. The summed E-state index contributed by atoms with van der Waals surface area (Å²) in [6.45, 7) is 6.97. The number of aliphatic carboxylic acids is 1. The molecule has 1 aliphatic rings. The Morgan fingerprint density at radius 3 is 2.71 bits per heavy atom. The SMILES string of the molecule is CC(C)Cc1cc(C(=O)N2CCCCC[C@H]2C)nc2cc(-c3ccc(N/C=C(\C=N)C(=O)O)cc3F)nn12. The lowest BCUT2D eigenvalue weighted by atomic mass is 10.1. The molecule has 0 bridgehead atoms. The molecule has 0 saturated carbocycles. The molecular weight excluding hydrogens is 487 g/mol. The predicted octanol–water partition coefficient (Wildman–Crippen LogP) is 5.17. The third-order valence-corrected chi connectivity index (χ3v) is 6.69. The summed E-state index contributed by atoms with van der Waals surface area (Å²) in [6, 6.07) is 8.01. The van der Waals surface area contributed by atoms with Crippen molar-refractivity contribution in [3.05, 3.63) is 59.3 Å². The van der Waals surface area contributed by atoms with Gasteiger partial charge < -0.3 is 20.7 Å². The number of anilines is 1. The van der Waals surface area contributed by atoms with Gasteiger partial charge in [-0.05, 0) is 56.4 Å². The van der Waals surface area contributed by atoms with Crippen molar-refractivity contribution < 1.29 is 19.1 Å². The lowest BCUT2D eigenvalue weighted by Gasteiger charge is -2.27. The second-order valence-electron chi connectivity index (χ2n) is 10.1. The molecular formula is C28H33FN6O3. The molecule has 3 heterocycles. The van der Waals surface area contributed by atoms with Gasteiger partial charge in [0, 0.05) is 48.0 Å². The third kappa shape index (κ3) is 5.90. The van der Waals surface area contributed by atoms with Crippen molar-refractivity contribution in [3.63, 3.8) is 0 Å². The first-order chi connectivity index (χ1) is 18.2. The van der Waals surface area contributed by atoms with Crippen molar-refractivity contribution in [3.8, 4) is 11.3 Å². The van der Waals surface area contributed by atoms with Crippen LogP contribution in [0, 0.1) is 17.1 Å². The number of nitrogens with one attached hydrogen (secondary N) is 2. The van der Waals surface area contributed by atoms with E-state index in [9.17, 15) is 9.59 Å². The minimum Gasteiger partial charge on any atom is -0.478 e. The highest BCUT2D eigenvalue weighted by Gasteiger charge is 2.26. The van der Waals surface area contributed by atoms with E-state index in [1.807, 2.05) is 11.0 Å². The number of likely N-dealkylation sites (tertiary alicyclic amines) is 1. The van der Waals surface area contributed by atoms with Crippen molar-refractivity contribution in [1.82, 2.24) is 19.5 Å². The quantitative estimate of drug-likeness (QED) is 0.278. The van der Waals surface area contributed by atoms with Crippen LogP contribution in [0.4, 0.5) is 10.1 Å². The van der Waals surface area contributed by atoms with E-state index in [1.165, 1.54) is 6.07 Å². The molecule has 3 N–H and O–H groups in total. The van der Waals surface area contributed by atoms with Crippen LogP contribution < -0.4 is 5.32 Å². The molecule has 38 heavy (non-hydrogen) atoms.